The average Bonchev–Trinajstić information content (AvgIpc) is 2.73. The van der Waals surface area contributed by atoms with Gasteiger partial charge in [-0.05, 0) is 53.6 Å². The molecule has 0 saturated heterocycles. The standard InChI is InChI=1S/C24H23ClN2O3/c1-17(28)27(2)15-19-5-3-7-22(13-19)26-24(29)20-6-4-8-23(14-20)30-16-18-9-11-21(25)12-10-18/h3-14H,15-16H2,1-2H3,(H,26,29). The fourth-order valence-corrected chi connectivity index (χ4v) is 2.94. The van der Waals surface area contributed by atoms with Crippen molar-refractivity contribution >= 4 is 29.1 Å². The van der Waals surface area contributed by atoms with Crippen LogP contribution in [0.2, 0.25) is 5.02 Å². The zero-order valence-electron chi connectivity index (χ0n) is 16.9. The molecule has 0 saturated carbocycles. The lowest BCUT2D eigenvalue weighted by atomic mass is 10.1. The monoisotopic (exact) mass is 422 g/mol. The van der Waals surface area contributed by atoms with Crippen LogP contribution in [0.1, 0.15) is 28.4 Å². The predicted octanol–water partition coefficient (Wildman–Crippen LogP) is 5.15. The largest absolute Gasteiger partial charge is 0.489 e. The van der Waals surface area contributed by atoms with Crippen LogP contribution in [0.3, 0.4) is 0 Å². The van der Waals surface area contributed by atoms with Gasteiger partial charge in [-0.25, -0.2) is 0 Å². The van der Waals surface area contributed by atoms with Gasteiger partial charge in [-0.15, -0.1) is 0 Å². The van der Waals surface area contributed by atoms with Gasteiger partial charge in [0.15, 0.2) is 0 Å². The average molecular weight is 423 g/mol. The van der Waals surface area contributed by atoms with Crippen LogP contribution in [0, 0.1) is 0 Å². The minimum Gasteiger partial charge on any atom is -0.489 e. The number of anilines is 1. The van der Waals surface area contributed by atoms with E-state index >= 15 is 0 Å². The number of carbonyl (C=O) groups is 2. The summed E-state index contributed by atoms with van der Waals surface area (Å²) in [6.07, 6.45) is 0. The molecule has 0 aliphatic heterocycles. The van der Waals surface area contributed by atoms with E-state index in [9.17, 15) is 9.59 Å². The van der Waals surface area contributed by atoms with Crippen molar-refractivity contribution in [1.29, 1.82) is 0 Å². The van der Waals surface area contributed by atoms with Gasteiger partial charge in [-0.2, -0.15) is 0 Å². The van der Waals surface area contributed by atoms with Gasteiger partial charge in [0.25, 0.3) is 5.91 Å². The molecule has 6 heteroatoms. The second-order valence-electron chi connectivity index (χ2n) is 6.97. The Labute approximate surface area is 181 Å². The molecule has 3 aromatic rings. The Hall–Kier alpha value is -3.31. The first-order valence-electron chi connectivity index (χ1n) is 9.50. The molecule has 5 nitrogen and oxygen atoms in total. The first kappa shape index (κ1) is 21.4. The van der Waals surface area contributed by atoms with E-state index in [1.807, 2.05) is 54.6 Å². The van der Waals surface area contributed by atoms with Crippen molar-refractivity contribution in [3.05, 3.63) is 94.5 Å². The van der Waals surface area contributed by atoms with Gasteiger partial charge in [-0.1, -0.05) is 41.9 Å². The normalized spacial score (nSPS) is 10.4. The molecule has 0 atom stereocenters. The highest BCUT2D eigenvalue weighted by Gasteiger charge is 2.09. The smallest absolute Gasteiger partial charge is 0.255 e. The molecule has 3 rings (SSSR count). The first-order chi connectivity index (χ1) is 14.4. The first-order valence-corrected chi connectivity index (χ1v) is 9.88. The number of hydrogen-bond donors (Lipinski definition) is 1. The minimum atomic E-state index is -0.232. The van der Waals surface area contributed by atoms with Gasteiger partial charge in [0.2, 0.25) is 5.91 Å². The number of nitrogens with one attached hydrogen (secondary N) is 1. The summed E-state index contributed by atoms with van der Waals surface area (Å²) in [4.78, 5) is 25.7. The van der Waals surface area contributed by atoms with Crippen LogP contribution < -0.4 is 10.1 Å². The van der Waals surface area contributed by atoms with Crippen LogP contribution in [0.4, 0.5) is 5.69 Å². The Bertz CT molecular complexity index is 1030. The van der Waals surface area contributed by atoms with E-state index in [2.05, 4.69) is 5.32 Å². The maximum absolute atomic E-state index is 12.7. The van der Waals surface area contributed by atoms with Crippen molar-refractivity contribution in [3.8, 4) is 5.75 Å². The fraction of sp³-hybridized carbons (Fsp3) is 0.167. The van der Waals surface area contributed by atoms with Crippen LogP contribution in [0.15, 0.2) is 72.8 Å². The third-order valence-electron chi connectivity index (χ3n) is 4.56. The highest BCUT2D eigenvalue weighted by atomic mass is 35.5. The molecule has 0 heterocycles. The van der Waals surface area contributed by atoms with Crippen molar-refractivity contribution in [1.82, 2.24) is 4.90 Å². The maximum atomic E-state index is 12.7. The van der Waals surface area contributed by atoms with Crippen LogP contribution in [-0.2, 0) is 17.9 Å². The number of ether oxygens (including phenoxy) is 1. The van der Waals surface area contributed by atoms with Gasteiger partial charge in [-0.3, -0.25) is 9.59 Å². The van der Waals surface area contributed by atoms with Gasteiger partial charge < -0.3 is 15.0 Å². The summed E-state index contributed by atoms with van der Waals surface area (Å²) < 4.78 is 5.80. The predicted molar refractivity (Wildman–Crippen MR) is 119 cm³/mol. The van der Waals surface area contributed by atoms with Gasteiger partial charge in [0, 0.05) is 36.8 Å². The van der Waals surface area contributed by atoms with Crippen molar-refractivity contribution in [2.75, 3.05) is 12.4 Å². The summed E-state index contributed by atoms with van der Waals surface area (Å²) in [5, 5.41) is 3.57. The minimum absolute atomic E-state index is 0.0140. The molecule has 0 aliphatic carbocycles. The molecular weight excluding hydrogens is 400 g/mol. The molecule has 1 N–H and O–H groups in total. The molecule has 0 bridgehead atoms. The van der Waals surface area contributed by atoms with E-state index in [-0.39, 0.29) is 11.8 Å². The molecule has 0 spiro atoms. The van der Waals surface area contributed by atoms with E-state index in [1.165, 1.54) is 6.92 Å². The van der Waals surface area contributed by atoms with Crippen LogP contribution in [0.5, 0.6) is 5.75 Å². The second kappa shape index (κ2) is 9.94. The molecule has 3 aromatic carbocycles. The molecule has 2 amide bonds. The number of benzene rings is 3. The van der Waals surface area contributed by atoms with E-state index < -0.39 is 0 Å². The van der Waals surface area contributed by atoms with Crippen molar-refractivity contribution in [2.24, 2.45) is 0 Å². The quantitative estimate of drug-likeness (QED) is 0.572. The summed E-state index contributed by atoms with van der Waals surface area (Å²) in [5.74, 6) is 0.360. The van der Waals surface area contributed by atoms with Gasteiger partial charge in [0.05, 0.1) is 0 Å². The summed E-state index contributed by atoms with van der Waals surface area (Å²) in [6.45, 7) is 2.38. The Morgan fingerprint density at radius 1 is 0.967 bits per heavy atom. The number of halogens is 1. The molecule has 0 radical (unpaired) electrons. The maximum Gasteiger partial charge on any atom is 0.255 e. The second-order valence-corrected chi connectivity index (χ2v) is 7.41. The fourth-order valence-electron chi connectivity index (χ4n) is 2.81. The van der Waals surface area contributed by atoms with E-state index in [1.54, 1.807) is 30.1 Å². The highest BCUT2D eigenvalue weighted by molar-refractivity contribution is 6.30. The lowest BCUT2D eigenvalue weighted by molar-refractivity contribution is -0.128. The third kappa shape index (κ3) is 6.09. The Morgan fingerprint density at radius 2 is 1.70 bits per heavy atom. The third-order valence-corrected chi connectivity index (χ3v) is 4.81. The SMILES string of the molecule is CC(=O)N(C)Cc1cccc(NC(=O)c2cccc(OCc3ccc(Cl)cc3)c2)c1. The van der Waals surface area contributed by atoms with E-state index in [0.717, 1.165) is 11.1 Å². The molecule has 0 aromatic heterocycles. The topological polar surface area (TPSA) is 58.6 Å². The van der Waals surface area contributed by atoms with E-state index in [0.29, 0.717) is 35.2 Å². The Balaban J connectivity index is 1.63. The number of hydrogen-bond acceptors (Lipinski definition) is 3. The highest BCUT2D eigenvalue weighted by Crippen LogP contribution is 2.18. The van der Waals surface area contributed by atoms with Crippen LogP contribution in [-0.4, -0.2) is 23.8 Å². The number of rotatable bonds is 7. The zero-order valence-corrected chi connectivity index (χ0v) is 17.6. The van der Waals surface area contributed by atoms with Crippen LogP contribution >= 0.6 is 11.6 Å². The van der Waals surface area contributed by atoms with Crippen molar-refractivity contribution in [3.63, 3.8) is 0 Å². The Morgan fingerprint density at radius 3 is 2.43 bits per heavy atom. The lowest BCUT2D eigenvalue weighted by Crippen LogP contribution is -2.23. The summed E-state index contributed by atoms with van der Waals surface area (Å²) >= 11 is 5.90. The molecular formula is C24H23ClN2O3. The molecule has 154 valence electrons. The molecule has 30 heavy (non-hydrogen) atoms. The van der Waals surface area contributed by atoms with Crippen LogP contribution in [0.25, 0.3) is 0 Å². The lowest BCUT2D eigenvalue weighted by Gasteiger charge is -2.15. The summed E-state index contributed by atoms with van der Waals surface area (Å²) in [6, 6.07) is 21.9. The summed E-state index contributed by atoms with van der Waals surface area (Å²) in [7, 11) is 1.74. The number of amides is 2. The Kier molecular flexibility index (Phi) is 7.09. The molecule has 0 fully saturated rings. The zero-order chi connectivity index (χ0) is 21.5. The van der Waals surface area contributed by atoms with Gasteiger partial charge >= 0.3 is 0 Å². The molecule has 0 aliphatic rings. The van der Waals surface area contributed by atoms with E-state index in [4.69, 9.17) is 16.3 Å². The van der Waals surface area contributed by atoms with Crippen molar-refractivity contribution < 1.29 is 14.3 Å². The van der Waals surface area contributed by atoms with Gasteiger partial charge in [0.1, 0.15) is 12.4 Å². The summed E-state index contributed by atoms with van der Waals surface area (Å²) in [5.41, 5.74) is 3.09. The number of carbonyl (C=O) groups excluding carboxylic acids is 2. The molecule has 0 unspecified atom stereocenters. The number of nitrogens with zero attached hydrogens (tertiary/aromatic N) is 1. The van der Waals surface area contributed by atoms with Crippen molar-refractivity contribution in [2.45, 2.75) is 20.1 Å².